The summed E-state index contributed by atoms with van der Waals surface area (Å²) < 4.78 is 14.8. The zero-order chi connectivity index (χ0) is 19.8. The Balaban J connectivity index is 0.00000300. The average Bonchev–Trinajstić information content (AvgIpc) is 3.36. The predicted octanol–water partition coefficient (Wildman–Crippen LogP) is 3.21. The van der Waals surface area contributed by atoms with E-state index in [0.717, 1.165) is 49.9 Å². The number of guanidine groups is 1. The van der Waals surface area contributed by atoms with E-state index >= 15 is 0 Å². The van der Waals surface area contributed by atoms with Gasteiger partial charge < -0.3 is 10.6 Å². The first-order chi connectivity index (χ1) is 13.7. The van der Waals surface area contributed by atoms with Crippen LogP contribution in [0.4, 0.5) is 4.39 Å². The van der Waals surface area contributed by atoms with E-state index < -0.39 is 0 Å². The molecule has 6 nitrogen and oxygen atoms in total. The number of aliphatic imine (C=N–C) groups is 1. The molecule has 0 aliphatic carbocycles. The lowest BCUT2D eigenvalue weighted by atomic mass is 10.2. The van der Waals surface area contributed by atoms with Gasteiger partial charge in [-0.3, -0.25) is 9.89 Å². The zero-order valence-electron chi connectivity index (χ0n) is 17.3. The molecule has 1 unspecified atom stereocenters. The Morgan fingerprint density at radius 1 is 1.21 bits per heavy atom. The third-order valence-electron chi connectivity index (χ3n) is 5.12. The Labute approximate surface area is 190 Å². The lowest BCUT2D eigenvalue weighted by Crippen LogP contribution is -2.40. The molecule has 1 aliphatic heterocycles. The predicted molar refractivity (Wildman–Crippen MR) is 127 cm³/mol. The summed E-state index contributed by atoms with van der Waals surface area (Å²) >= 11 is 0. The topological polar surface area (TPSA) is 57.5 Å². The standard InChI is InChI=1S/C21H31FN6.HI/c1-3-23-21(25-16-20-6-5-14-27(20)4-2)24-13-11-18-12-15-28(26-18)19-9-7-17(22)8-10-19;/h7-10,12,15,20H,3-6,11,13-14,16H2,1-2H3,(H2,23,24,25);1H. The molecule has 0 spiro atoms. The fraction of sp³-hybridized carbons (Fsp3) is 0.524. The lowest BCUT2D eigenvalue weighted by Gasteiger charge is -2.21. The first-order valence-corrected chi connectivity index (χ1v) is 10.3. The van der Waals surface area contributed by atoms with Gasteiger partial charge in [0.2, 0.25) is 0 Å². The van der Waals surface area contributed by atoms with E-state index in [2.05, 4.69) is 34.5 Å². The average molecular weight is 514 g/mol. The number of rotatable bonds is 8. The van der Waals surface area contributed by atoms with Crippen LogP contribution in [0.1, 0.15) is 32.4 Å². The molecule has 0 radical (unpaired) electrons. The first kappa shape index (κ1) is 23.6. The van der Waals surface area contributed by atoms with Crippen LogP contribution in [0.25, 0.3) is 5.69 Å². The summed E-state index contributed by atoms with van der Waals surface area (Å²) in [5.41, 5.74) is 1.84. The number of benzene rings is 1. The summed E-state index contributed by atoms with van der Waals surface area (Å²) in [6, 6.07) is 8.90. The van der Waals surface area contributed by atoms with Gasteiger partial charge in [-0.25, -0.2) is 9.07 Å². The molecule has 1 atom stereocenters. The smallest absolute Gasteiger partial charge is 0.191 e. The molecule has 1 saturated heterocycles. The van der Waals surface area contributed by atoms with Crippen LogP contribution in [0.3, 0.4) is 0 Å². The third kappa shape index (κ3) is 6.95. The SMILES string of the molecule is CCNC(=NCC1CCCN1CC)NCCc1ccn(-c2ccc(F)cc2)n1.I. The highest BCUT2D eigenvalue weighted by molar-refractivity contribution is 14.0. The van der Waals surface area contributed by atoms with Gasteiger partial charge in [0.15, 0.2) is 5.96 Å². The summed E-state index contributed by atoms with van der Waals surface area (Å²) in [6.45, 7) is 9.02. The maximum absolute atomic E-state index is 13.1. The maximum atomic E-state index is 13.1. The van der Waals surface area contributed by atoms with Crippen molar-refractivity contribution in [2.24, 2.45) is 4.99 Å². The molecule has 2 aromatic rings. The molecular formula is C21H32FIN6. The Morgan fingerprint density at radius 3 is 2.72 bits per heavy atom. The van der Waals surface area contributed by atoms with Gasteiger partial charge in [0, 0.05) is 31.7 Å². The van der Waals surface area contributed by atoms with Gasteiger partial charge in [-0.15, -0.1) is 24.0 Å². The van der Waals surface area contributed by atoms with Gasteiger partial charge >= 0.3 is 0 Å². The quantitative estimate of drug-likeness (QED) is 0.323. The van der Waals surface area contributed by atoms with Crippen molar-refractivity contribution in [1.82, 2.24) is 25.3 Å². The summed E-state index contributed by atoms with van der Waals surface area (Å²) in [7, 11) is 0. The van der Waals surface area contributed by atoms with Crippen LogP contribution < -0.4 is 10.6 Å². The van der Waals surface area contributed by atoms with Gasteiger partial charge in [0.25, 0.3) is 0 Å². The van der Waals surface area contributed by atoms with Crippen molar-refractivity contribution < 1.29 is 4.39 Å². The molecule has 1 aromatic heterocycles. The molecule has 2 heterocycles. The van der Waals surface area contributed by atoms with Gasteiger partial charge in [-0.1, -0.05) is 6.92 Å². The number of likely N-dealkylation sites (tertiary alicyclic amines) is 1. The van der Waals surface area contributed by atoms with Crippen LogP contribution in [-0.2, 0) is 6.42 Å². The van der Waals surface area contributed by atoms with Gasteiger partial charge in [-0.2, -0.15) is 5.10 Å². The summed E-state index contributed by atoms with van der Waals surface area (Å²) in [5, 5.41) is 11.3. The van der Waals surface area contributed by atoms with Crippen molar-refractivity contribution in [3.8, 4) is 5.69 Å². The minimum absolute atomic E-state index is 0. The van der Waals surface area contributed by atoms with Gasteiger partial charge in [0.1, 0.15) is 5.82 Å². The van der Waals surface area contributed by atoms with Crippen molar-refractivity contribution in [3.05, 3.63) is 48.0 Å². The van der Waals surface area contributed by atoms with E-state index in [1.54, 1.807) is 16.8 Å². The molecule has 3 rings (SSSR count). The number of hydrogen-bond acceptors (Lipinski definition) is 3. The van der Waals surface area contributed by atoms with Crippen molar-refractivity contribution in [3.63, 3.8) is 0 Å². The van der Waals surface area contributed by atoms with Gasteiger partial charge in [0.05, 0.1) is 17.9 Å². The second-order valence-corrected chi connectivity index (χ2v) is 7.05. The van der Waals surface area contributed by atoms with Crippen molar-refractivity contribution in [2.45, 2.75) is 39.2 Å². The molecule has 0 saturated carbocycles. The Morgan fingerprint density at radius 2 is 2.00 bits per heavy atom. The van der Waals surface area contributed by atoms with E-state index in [1.807, 2.05) is 12.3 Å². The number of likely N-dealkylation sites (N-methyl/N-ethyl adjacent to an activating group) is 1. The second-order valence-electron chi connectivity index (χ2n) is 7.05. The van der Waals surface area contributed by atoms with Gasteiger partial charge in [-0.05, 0) is 63.2 Å². The normalized spacial score (nSPS) is 17.2. The molecule has 160 valence electrons. The van der Waals surface area contributed by atoms with Crippen LogP contribution in [0.5, 0.6) is 0 Å². The highest BCUT2D eigenvalue weighted by Crippen LogP contribution is 2.16. The van der Waals surface area contributed by atoms with E-state index in [4.69, 9.17) is 4.99 Å². The molecule has 1 aliphatic rings. The maximum Gasteiger partial charge on any atom is 0.191 e. The number of nitrogens with zero attached hydrogens (tertiary/aromatic N) is 4. The highest BCUT2D eigenvalue weighted by Gasteiger charge is 2.22. The molecule has 1 aromatic carbocycles. The van der Waals surface area contributed by atoms with Crippen LogP contribution in [0.15, 0.2) is 41.5 Å². The van der Waals surface area contributed by atoms with Crippen LogP contribution >= 0.6 is 24.0 Å². The Kier molecular flexibility index (Phi) is 9.86. The van der Waals surface area contributed by atoms with Crippen LogP contribution in [-0.4, -0.2) is 59.4 Å². The first-order valence-electron chi connectivity index (χ1n) is 10.3. The highest BCUT2D eigenvalue weighted by atomic mass is 127. The molecule has 0 bridgehead atoms. The number of halogens is 2. The molecule has 0 amide bonds. The lowest BCUT2D eigenvalue weighted by molar-refractivity contribution is 0.273. The number of hydrogen-bond donors (Lipinski definition) is 2. The Hall–Kier alpha value is -1.68. The van der Waals surface area contributed by atoms with E-state index in [0.29, 0.717) is 6.04 Å². The minimum atomic E-state index is -0.241. The number of nitrogens with one attached hydrogen (secondary N) is 2. The van der Waals surface area contributed by atoms with E-state index in [-0.39, 0.29) is 29.8 Å². The molecule has 8 heteroatoms. The van der Waals surface area contributed by atoms with Crippen LogP contribution in [0.2, 0.25) is 0 Å². The molecule has 29 heavy (non-hydrogen) atoms. The fourth-order valence-corrected chi connectivity index (χ4v) is 3.60. The third-order valence-corrected chi connectivity index (χ3v) is 5.12. The molecular weight excluding hydrogens is 482 g/mol. The second kappa shape index (κ2) is 12.1. The zero-order valence-corrected chi connectivity index (χ0v) is 19.6. The largest absolute Gasteiger partial charge is 0.357 e. The summed E-state index contributed by atoms with van der Waals surface area (Å²) in [6.07, 6.45) is 5.21. The fourth-order valence-electron chi connectivity index (χ4n) is 3.60. The Bertz CT molecular complexity index is 761. The monoisotopic (exact) mass is 514 g/mol. The minimum Gasteiger partial charge on any atom is -0.357 e. The number of aromatic nitrogens is 2. The van der Waals surface area contributed by atoms with Crippen LogP contribution in [0, 0.1) is 5.82 Å². The van der Waals surface area contributed by atoms with Crippen molar-refractivity contribution in [2.75, 3.05) is 32.7 Å². The summed E-state index contributed by atoms with van der Waals surface area (Å²) in [5.74, 6) is 0.624. The van der Waals surface area contributed by atoms with Crippen molar-refractivity contribution in [1.29, 1.82) is 0 Å². The summed E-state index contributed by atoms with van der Waals surface area (Å²) in [4.78, 5) is 7.29. The van der Waals surface area contributed by atoms with E-state index in [1.165, 1.54) is 31.5 Å². The molecule has 2 N–H and O–H groups in total. The van der Waals surface area contributed by atoms with E-state index in [9.17, 15) is 4.39 Å². The molecule has 1 fully saturated rings. The van der Waals surface area contributed by atoms with Crippen molar-refractivity contribution >= 4 is 29.9 Å².